The van der Waals surface area contributed by atoms with E-state index in [2.05, 4.69) is 0 Å². The molecule has 0 amide bonds. The second kappa shape index (κ2) is 5.00. The largest absolute Gasteiger partial charge is 0.481 e. The Labute approximate surface area is 107 Å². The molecule has 18 heavy (non-hydrogen) atoms. The van der Waals surface area contributed by atoms with E-state index in [4.69, 9.17) is 5.73 Å². The van der Waals surface area contributed by atoms with Gasteiger partial charge in [0.05, 0.1) is 10.8 Å². The number of hydrogen-bond donors (Lipinski definition) is 3. The Morgan fingerprint density at radius 2 is 2.00 bits per heavy atom. The van der Waals surface area contributed by atoms with Gasteiger partial charge in [-0.25, -0.2) is 0 Å². The Hall–Kier alpha value is -1.52. The van der Waals surface area contributed by atoms with Gasteiger partial charge in [0.2, 0.25) is 0 Å². The summed E-state index contributed by atoms with van der Waals surface area (Å²) in [6.45, 7) is 3.54. The van der Waals surface area contributed by atoms with Crippen LogP contribution in [0.3, 0.4) is 0 Å². The Morgan fingerprint density at radius 3 is 2.44 bits per heavy atom. The Balaban J connectivity index is 3.14. The molecule has 0 saturated carbocycles. The van der Waals surface area contributed by atoms with Crippen LogP contribution in [0.1, 0.15) is 46.0 Å². The number of rotatable bonds is 5. The van der Waals surface area contributed by atoms with Crippen molar-refractivity contribution in [2.24, 2.45) is 16.6 Å². The minimum atomic E-state index is -1.13. The molecular formula is C13H21NO4. The Morgan fingerprint density at radius 1 is 1.39 bits per heavy atom. The molecule has 0 fully saturated rings. The van der Waals surface area contributed by atoms with Gasteiger partial charge in [0.15, 0.2) is 0 Å². The van der Waals surface area contributed by atoms with Gasteiger partial charge in [0.25, 0.3) is 0 Å². The second-order valence-electron chi connectivity index (χ2n) is 5.50. The summed E-state index contributed by atoms with van der Waals surface area (Å²) in [4.78, 5) is 22.9. The first-order valence-corrected chi connectivity index (χ1v) is 6.20. The van der Waals surface area contributed by atoms with Crippen molar-refractivity contribution in [1.29, 1.82) is 0 Å². The molecule has 102 valence electrons. The maximum atomic E-state index is 11.5. The summed E-state index contributed by atoms with van der Waals surface area (Å²) in [6.07, 6.45) is 3.91. The van der Waals surface area contributed by atoms with Crippen molar-refractivity contribution < 1.29 is 19.8 Å². The summed E-state index contributed by atoms with van der Waals surface area (Å²) in [5.74, 6) is -1.97. The third kappa shape index (κ3) is 2.66. The molecule has 1 rings (SSSR count). The van der Waals surface area contributed by atoms with Crippen LogP contribution in [0.25, 0.3) is 0 Å². The molecule has 0 spiro atoms. The maximum Gasteiger partial charge on any atom is 0.313 e. The third-order valence-electron chi connectivity index (χ3n) is 3.68. The molecular weight excluding hydrogens is 234 g/mol. The molecule has 2 atom stereocenters. The Bertz CT molecular complexity index is 390. The van der Waals surface area contributed by atoms with E-state index < -0.39 is 22.8 Å². The van der Waals surface area contributed by atoms with Crippen molar-refractivity contribution in [2.45, 2.75) is 46.0 Å². The highest BCUT2D eigenvalue weighted by molar-refractivity contribution is 5.81. The van der Waals surface area contributed by atoms with Crippen LogP contribution in [-0.2, 0) is 9.59 Å². The van der Waals surface area contributed by atoms with Gasteiger partial charge >= 0.3 is 11.9 Å². The highest BCUT2D eigenvalue weighted by Gasteiger charge is 2.49. The van der Waals surface area contributed by atoms with Gasteiger partial charge in [0.1, 0.15) is 0 Å². The van der Waals surface area contributed by atoms with E-state index >= 15 is 0 Å². The van der Waals surface area contributed by atoms with E-state index in [0.29, 0.717) is 12.1 Å². The average molecular weight is 255 g/mol. The SMILES string of the molecule is CCCCC1(C(=O)O)C=C(N)CC(C)(C(=O)O)C1. The number of allylic oxidation sites excluding steroid dienone is 1. The van der Waals surface area contributed by atoms with Gasteiger partial charge in [0, 0.05) is 12.1 Å². The smallest absolute Gasteiger partial charge is 0.313 e. The molecule has 0 aliphatic heterocycles. The quantitative estimate of drug-likeness (QED) is 0.697. The highest BCUT2D eigenvalue weighted by atomic mass is 16.4. The van der Waals surface area contributed by atoms with E-state index in [9.17, 15) is 19.8 Å². The van der Waals surface area contributed by atoms with Crippen molar-refractivity contribution in [1.82, 2.24) is 0 Å². The van der Waals surface area contributed by atoms with E-state index in [1.807, 2.05) is 6.92 Å². The first-order valence-electron chi connectivity index (χ1n) is 6.20. The normalized spacial score (nSPS) is 31.8. The molecule has 2 unspecified atom stereocenters. The highest BCUT2D eigenvalue weighted by Crippen LogP contribution is 2.47. The van der Waals surface area contributed by atoms with Gasteiger partial charge in [-0.3, -0.25) is 9.59 Å². The average Bonchev–Trinajstić information content (AvgIpc) is 2.24. The summed E-state index contributed by atoms with van der Waals surface area (Å²) in [6, 6.07) is 0. The van der Waals surface area contributed by atoms with Crippen LogP contribution in [-0.4, -0.2) is 22.2 Å². The van der Waals surface area contributed by atoms with Crippen molar-refractivity contribution in [3.8, 4) is 0 Å². The summed E-state index contributed by atoms with van der Waals surface area (Å²) in [7, 11) is 0. The van der Waals surface area contributed by atoms with Crippen LogP contribution in [0.5, 0.6) is 0 Å². The lowest BCUT2D eigenvalue weighted by atomic mass is 9.63. The summed E-state index contributed by atoms with van der Waals surface area (Å²) < 4.78 is 0. The number of hydrogen-bond acceptors (Lipinski definition) is 3. The molecule has 0 aromatic rings. The monoisotopic (exact) mass is 255 g/mol. The number of carboxylic acids is 2. The molecule has 1 aliphatic rings. The topological polar surface area (TPSA) is 101 Å². The Kier molecular flexibility index (Phi) is 4.04. The van der Waals surface area contributed by atoms with Crippen LogP contribution < -0.4 is 5.73 Å². The van der Waals surface area contributed by atoms with Gasteiger partial charge in [-0.2, -0.15) is 0 Å². The maximum absolute atomic E-state index is 11.5. The number of unbranched alkanes of at least 4 members (excludes halogenated alkanes) is 1. The van der Waals surface area contributed by atoms with Crippen LogP contribution >= 0.6 is 0 Å². The lowest BCUT2D eigenvalue weighted by Gasteiger charge is -2.39. The first-order chi connectivity index (χ1) is 8.26. The predicted molar refractivity (Wildman–Crippen MR) is 66.8 cm³/mol. The van der Waals surface area contributed by atoms with E-state index in [0.717, 1.165) is 12.8 Å². The molecule has 5 heteroatoms. The summed E-state index contributed by atoms with van der Waals surface area (Å²) in [5, 5.41) is 18.7. The zero-order valence-electron chi connectivity index (χ0n) is 10.9. The molecule has 0 saturated heterocycles. The van der Waals surface area contributed by atoms with E-state index in [-0.39, 0.29) is 12.8 Å². The molecule has 4 N–H and O–H groups in total. The number of carboxylic acid groups (broad SMARTS) is 2. The fourth-order valence-electron chi connectivity index (χ4n) is 2.71. The molecule has 0 heterocycles. The summed E-state index contributed by atoms with van der Waals surface area (Å²) in [5.41, 5.74) is 3.91. The lowest BCUT2D eigenvalue weighted by molar-refractivity contribution is -0.156. The van der Waals surface area contributed by atoms with Crippen LogP contribution in [0, 0.1) is 10.8 Å². The zero-order chi connectivity index (χ0) is 14.0. The fourth-order valence-corrected chi connectivity index (χ4v) is 2.71. The predicted octanol–water partition coefficient (Wildman–Crippen LogP) is 1.97. The van der Waals surface area contributed by atoms with E-state index in [1.54, 1.807) is 13.0 Å². The number of aliphatic carboxylic acids is 2. The molecule has 0 aromatic carbocycles. The standard InChI is InChI=1S/C13H21NO4/c1-3-4-5-13(11(17)18)7-9(14)6-12(2,8-13)10(15)16/h7H,3-6,8,14H2,1-2H3,(H,15,16)(H,17,18). The molecule has 0 bridgehead atoms. The van der Waals surface area contributed by atoms with Gasteiger partial charge in [-0.05, 0) is 25.8 Å². The van der Waals surface area contributed by atoms with Crippen LogP contribution in [0.15, 0.2) is 11.8 Å². The van der Waals surface area contributed by atoms with Gasteiger partial charge in [-0.15, -0.1) is 0 Å². The molecule has 1 aliphatic carbocycles. The van der Waals surface area contributed by atoms with E-state index in [1.165, 1.54) is 0 Å². The number of nitrogens with two attached hydrogens (primary N) is 1. The summed E-state index contributed by atoms with van der Waals surface area (Å²) >= 11 is 0. The van der Waals surface area contributed by atoms with Crippen molar-refractivity contribution in [3.63, 3.8) is 0 Å². The first kappa shape index (κ1) is 14.5. The molecule has 5 nitrogen and oxygen atoms in total. The minimum Gasteiger partial charge on any atom is -0.481 e. The van der Waals surface area contributed by atoms with Crippen molar-refractivity contribution >= 4 is 11.9 Å². The van der Waals surface area contributed by atoms with Crippen LogP contribution in [0.2, 0.25) is 0 Å². The van der Waals surface area contributed by atoms with Gasteiger partial charge in [-0.1, -0.05) is 19.8 Å². The van der Waals surface area contributed by atoms with Gasteiger partial charge < -0.3 is 15.9 Å². The van der Waals surface area contributed by atoms with Crippen molar-refractivity contribution in [2.75, 3.05) is 0 Å². The zero-order valence-corrected chi connectivity index (χ0v) is 10.9. The third-order valence-corrected chi connectivity index (χ3v) is 3.68. The molecule has 0 aromatic heterocycles. The molecule has 0 radical (unpaired) electrons. The van der Waals surface area contributed by atoms with Crippen molar-refractivity contribution in [3.05, 3.63) is 11.8 Å². The minimum absolute atomic E-state index is 0.103. The van der Waals surface area contributed by atoms with Crippen LogP contribution in [0.4, 0.5) is 0 Å². The fraction of sp³-hybridized carbons (Fsp3) is 0.692. The number of carbonyl (C=O) groups is 2. The second-order valence-corrected chi connectivity index (χ2v) is 5.50. The lowest BCUT2D eigenvalue weighted by Crippen LogP contribution is -2.44.